The molecule has 0 radical (unpaired) electrons. The smallest absolute Gasteiger partial charge is 0.416 e. The molecule has 2 amide bonds. The number of nitrogens with one attached hydrogen (secondary N) is 1. The first-order valence-electron chi connectivity index (χ1n) is 11.1. The molecular weight excluding hydrogens is 529 g/mol. The highest BCUT2D eigenvalue weighted by atomic mass is 79.9. The zero-order valence-electron chi connectivity index (χ0n) is 20.0. The van der Waals surface area contributed by atoms with Crippen LogP contribution < -0.4 is 15.0 Å². The first-order chi connectivity index (χ1) is 16.4. The third kappa shape index (κ3) is 5.81. The molecule has 1 saturated heterocycles. The molecule has 2 aromatic carbocycles. The molecule has 10 heteroatoms. The lowest BCUT2D eigenvalue weighted by Gasteiger charge is -2.32. The van der Waals surface area contributed by atoms with Gasteiger partial charge in [-0.2, -0.15) is 13.2 Å². The number of carbonyl (C=O) groups is 2. The zero-order chi connectivity index (χ0) is 26.0. The van der Waals surface area contributed by atoms with Gasteiger partial charge in [0.25, 0.3) is 0 Å². The van der Waals surface area contributed by atoms with E-state index in [4.69, 9.17) is 9.47 Å². The molecule has 1 fully saturated rings. The van der Waals surface area contributed by atoms with Crippen LogP contribution in [0.25, 0.3) is 0 Å². The maximum Gasteiger partial charge on any atom is 0.416 e. The Bertz CT molecular complexity index is 1090. The fourth-order valence-corrected chi connectivity index (χ4v) is 4.86. The summed E-state index contributed by atoms with van der Waals surface area (Å²) in [7, 11) is 1.45. The number of hydrogen-bond acceptors (Lipinski definition) is 4. The van der Waals surface area contributed by atoms with E-state index in [1.54, 1.807) is 4.90 Å². The number of methoxy groups -OCH3 is 1. The predicted octanol–water partition coefficient (Wildman–Crippen LogP) is 5.82. The number of anilines is 2. The lowest BCUT2D eigenvalue weighted by molar-refractivity contribution is -0.137. The van der Waals surface area contributed by atoms with Crippen molar-refractivity contribution >= 4 is 39.1 Å². The van der Waals surface area contributed by atoms with E-state index in [1.807, 2.05) is 39.0 Å². The van der Waals surface area contributed by atoms with Gasteiger partial charge in [0.2, 0.25) is 11.8 Å². The highest BCUT2D eigenvalue weighted by Crippen LogP contribution is 2.44. The van der Waals surface area contributed by atoms with Gasteiger partial charge < -0.3 is 19.7 Å². The maximum atomic E-state index is 13.6. The van der Waals surface area contributed by atoms with Gasteiger partial charge in [-0.25, -0.2) is 0 Å². The van der Waals surface area contributed by atoms with E-state index >= 15 is 0 Å². The molecular formula is C25H28BrF3N2O4. The van der Waals surface area contributed by atoms with Crippen LogP contribution >= 0.6 is 15.9 Å². The fraction of sp³-hybridized carbons (Fsp3) is 0.440. The molecule has 6 nitrogen and oxygen atoms in total. The minimum atomic E-state index is -4.63. The van der Waals surface area contributed by atoms with Crippen LogP contribution in [0.4, 0.5) is 24.5 Å². The summed E-state index contributed by atoms with van der Waals surface area (Å²) in [5, 5.41) is 2.63. The first kappa shape index (κ1) is 27.0. The average molecular weight is 557 g/mol. The summed E-state index contributed by atoms with van der Waals surface area (Å²) in [6, 6.07) is 8.62. The Labute approximate surface area is 210 Å². The second-order valence-corrected chi connectivity index (χ2v) is 9.77. The molecule has 0 bridgehead atoms. The number of nitrogens with zero attached hydrogens (tertiary/aromatic N) is 1. The Hall–Kier alpha value is -2.59. The van der Waals surface area contributed by atoms with Crippen molar-refractivity contribution in [2.24, 2.45) is 11.3 Å². The largest absolute Gasteiger partial charge is 0.491 e. The Morgan fingerprint density at radius 3 is 2.54 bits per heavy atom. The lowest BCUT2D eigenvalue weighted by Crippen LogP contribution is -2.43. The summed E-state index contributed by atoms with van der Waals surface area (Å²) in [4.78, 5) is 28.2. The molecule has 1 unspecified atom stereocenters. The van der Waals surface area contributed by atoms with Gasteiger partial charge in [-0.3, -0.25) is 9.59 Å². The quantitative estimate of drug-likeness (QED) is 0.416. The second-order valence-electron chi connectivity index (χ2n) is 8.91. The fourth-order valence-electron chi connectivity index (χ4n) is 4.18. The van der Waals surface area contributed by atoms with Gasteiger partial charge in [-0.1, -0.05) is 26.0 Å². The van der Waals surface area contributed by atoms with Gasteiger partial charge in [-0.15, -0.1) is 0 Å². The molecule has 190 valence electrons. The molecule has 0 saturated carbocycles. The van der Waals surface area contributed by atoms with Crippen molar-refractivity contribution in [2.75, 3.05) is 37.1 Å². The summed E-state index contributed by atoms with van der Waals surface area (Å²) >= 11 is 3.49. The van der Waals surface area contributed by atoms with E-state index in [2.05, 4.69) is 21.2 Å². The summed E-state index contributed by atoms with van der Waals surface area (Å²) < 4.78 is 51.5. The molecule has 1 atom stereocenters. The number of rotatable bonds is 8. The van der Waals surface area contributed by atoms with Gasteiger partial charge >= 0.3 is 6.18 Å². The standard InChI is InChI=1S/C25H28BrF3N2O4/c1-15(2)24(13-21(32)31(14-24)22-16(3)6-5-7-20(22)26)23(33)30-18-10-17(25(27,28)29)11-19(12-18)35-9-8-34-4/h5-7,10-12,15H,8-9,13-14H2,1-4H3,(H,30,33). The minimum absolute atomic E-state index is 0.0428. The van der Waals surface area contributed by atoms with Crippen molar-refractivity contribution in [1.82, 2.24) is 0 Å². The zero-order valence-corrected chi connectivity index (χ0v) is 21.5. The Morgan fingerprint density at radius 2 is 1.94 bits per heavy atom. The number of benzene rings is 2. The van der Waals surface area contributed by atoms with Crippen LogP contribution in [0, 0.1) is 18.3 Å². The highest BCUT2D eigenvalue weighted by Gasteiger charge is 2.52. The van der Waals surface area contributed by atoms with Crippen molar-refractivity contribution in [3.8, 4) is 5.75 Å². The number of alkyl halides is 3. The summed E-state index contributed by atoms with van der Waals surface area (Å²) in [5.41, 5.74) is -0.594. The van der Waals surface area contributed by atoms with Gasteiger partial charge in [0, 0.05) is 36.3 Å². The number of para-hydroxylation sites is 1. The Balaban J connectivity index is 1.93. The van der Waals surface area contributed by atoms with Gasteiger partial charge in [0.05, 0.1) is 23.3 Å². The number of hydrogen-bond donors (Lipinski definition) is 1. The van der Waals surface area contributed by atoms with Crippen LogP contribution in [-0.2, 0) is 20.5 Å². The summed E-state index contributed by atoms with van der Waals surface area (Å²) in [6.07, 6.45) is -4.69. The number of aryl methyl sites for hydroxylation is 1. The van der Waals surface area contributed by atoms with E-state index in [1.165, 1.54) is 13.2 Å². The molecule has 3 rings (SSSR count). The van der Waals surface area contributed by atoms with Crippen molar-refractivity contribution in [3.05, 3.63) is 52.0 Å². The predicted molar refractivity (Wildman–Crippen MR) is 131 cm³/mol. The molecule has 1 N–H and O–H groups in total. The normalized spacial score (nSPS) is 18.3. The van der Waals surface area contributed by atoms with E-state index in [-0.39, 0.29) is 49.4 Å². The highest BCUT2D eigenvalue weighted by molar-refractivity contribution is 9.10. The van der Waals surface area contributed by atoms with Crippen LogP contribution in [0.5, 0.6) is 5.75 Å². The van der Waals surface area contributed by atoms with Crippen LogP contribution in [0.1, 0.15) is 31.4 Å². The molecule has 0 aliphatic carbocycles. The molecule has 1 aliphatic heterocycles. The van der Waals surface area contributed by atoms with Crippen LogP contribution in [0.15, 0.2) is 40.9 Å². The average Bonchev–Trinajstić information content (AvgIpc) is 3.11. The number of halogens is 4. The van der Waals surface area contributed by atoms with Crippen molar-refractivity contribution in [1.29, 1.82) is 0 Å². The van der Waals surface area contributed by atoms with Gasteiger partial charge in [0.1, 0.15) is 12.4 Å². The summed E-state index contributed by atoms with van der Waals surface area (Å²) in [5.74, 6) is -1.05. The Kier molecular flexibility index (Phi) is 8.16. The third-order valence-electron chi connectivity index (χ3n) is 6.27. The van der Waals surface area contributed by atoms with E-state index in [0.717, 1.165) is 22.2 Å². The molecule has 1 aliphatic rings. The lowest BCUT2D eigenvalue weighted by atomic mass is 9.75. The Morgan fingerprint density at radius 1 is 1.23 bits per heavy atom. The number of carbonyl (C=O) groups excluding carboxylic acids is 2. The SMILES string of the molecule is COCCOc1cc(NC(=O)C2(C(C)C)CC(=O)N(c3c(C)cccc3Br)C2)cc(C(F)(F)F)c1. The third-order valence-corrected chi connectivity index (χ3v) is 6.91. The van der Waals surface area contributed by atoms with Crippen molar-refractivity contribution in [3.63, 3.8) is 0 Å². The monoisotopic (exact) mass is 556 g/mol. The molecule has 0 aromatic heterocycles. The molecule has 0 spiro atoms. The van der Waals surface area contributed by atoms with Gasteiger partial charge in [-0.05, 0) is 52.5 Å². The molecule has 2 aromatic rings. The number of amides is 2. The van der Waals surface area contributed by atoms with E-state index in [0.29, 0.717) is 5.69 Å². The second kappa shape index (κ2) is 10.6. The molecule has 35 heavy (non-hydrogen) atoms. The molecule has 1 heterocycles. The van der Waals surface area contributed by atoms with Crippen molar-refractivity contribution < 1.29 is 32.2 Å². The first-order valence-corrected chi connectivity index (χ1v) is 11.9. The topological polar surface area (TPSA) is 67.9 Å². The minimum Gasteiger partial charge on any atom is -0.491 e. The summed E-state index contributed by atoms with van der Waals surface area (Å²) in [6.45, 7) is 5.88. The van der Waals surface area contributed by atoms with E-state index < -0.39 is 23.1 Å². The maximum absolute atomic E-state index is 13.6. The number of ether oxygens (including phenoxy) is 2. The van der Waals surface area contributed by atoms with Crippen molar-refractivity contribution in [2.45, 2.75) is 33.4 Å². The van der Waals surface area contributed by atoms with Gasteiger partial charge in [0.15, 0.2) is 0 Å². The van der Waals surface area contributed by atoms with Crippen LogP contribution in [-0.4, -0.2) is 38.7 Å². The van der Waals surface area contributed by atoms with Crippen LogP contribution in [0.2, 0.25) is 0 Å². The van der Waals surface area contributed by atoms with E-state index in [9.17, 15) is 22.8 Å². The van der Waals surface area contributed by atoms with Crippen LogP contribution in [0.3, 0.4) is 0 Å².